The second kappa shape index (κ2) is 4.19. The van der Waals surface area contributed by atoms with Crippen LogP contribution in [0.3, 0.4) is 0 Å². The first-order valence-corrected chi connectivity index (χ1v) is 3.80. The van der Waals surface area contributed by atoms with Crippen molar-refractivity contribution in [1.29, 1.82) is 5.26 Å². The molecule has 0 saturated heterocycles. The molecule has 0 radical (unpaired) electrons. The van der Waals surface area contributed by atoms with Gasteiger partial charge in [-0.05, 0) is 30.6 Å². The average Bonchev–Trinajstić information content (AvgIpc) is 1.85. The van der Waals surface area contributed by atoms with Crippen molar-refractivity contribution >= 4 is 11.8 Å². The zero-order chi connectivity index (χ0) is 8.15. The third-order valence-electron chi connectivity index (χ3n) is 1.02. The molecule has 0 aliphatic rings. The third kappa shape index (κ3) is 3.37. The molecule has 0 aromatic carbocycles. The lowest BCUT2D eigenvalue weighted by atomic mass is 10.3. The zero-order valence-electron chi connectivity index (χ0n) is 6.56. The van der Waals surface area contributed by atoms with Crippen LogP contribution in [0.2, 0.25) is 0 Å². The summed E-state index contributed by atoms with van der Waals surface area (Å²) in [5.41, 5.74) is 0.771. The summed E-state index contributed by atoms with van der Waals surface area (Å²) >= 11 is 1.55. The van der Waals surface area contributed by atoms with Gasteiger partial charge >= 0.3 is 0 Å². The topological polar surface area (TPSA) is 23.8 Å². The molecule has 54 valence electrons. The van der Waals surface area contributed by atoms with E-state index >= 15 is 0 Å². The Morgan fingerprint density at radius 2 is 1.90 bits per heavy atom. The predicted octanol–water partition coefficient (Wildman–Crippen LogP) is 3.07. The van der Waals surface area contributed by atoms with Crippen LogP contribution >= 0.6 is 11.8 Å². The molecule has 1 nitrogen and oxygen atoms in total. The Bertz CT molecular complexity index is 208. The molecule has 0 saturated carbocycles. The summed E-state index contributed by atoms with van der Waals surface area (Å²) in [7, 11) is 0. The van der Waals surface area contributed by atoms with E-state index < -0.39 is 0 Å². The summed E-state index contributed by atoms with van der Waals surface area (Å²) in [6, 6.07) is 2.09. The highest BCUT2D eigenvalue weighted by Crippen LogP contribution is 2.24. The number of hydrogen-bond donors (Lipinski definition) is 0. The molecule has 0 aromatic rings. The summed E-state index contributed by atoms with van der Waals surface area (Å²) in [6.07, 6.45) is 0. The maximum Gasteiger partial charge on any atom is 0.0952 e. The molecular formula is C8H11NS. The Kier molecular flexibility index (Phi) is 3.90. The summed E-state index contributed by atoms with van der Waals surface area (Å²) in [4.78, 5) is 2.06. The van der Waals surface area contributed by atoms with Crippen LogP contribution in [0.5, 0.6) is 0 Å². The smallest absolute Gasteiger partial charge is 0.0952 e. The summed E-state index contributed by atoms with van der Waals surface area (Å²) in [6.45, 7) is 9.40. The fraction of sp³-hybridized carbons (Fsp3) is 0.375. The molecule has 0 rings (SSSR count). The van der Waals surface area contributed by atoms with E-state index in [0.29, 0.717) is 0 Å². The average molecular weight is 153 g/mol. The predicted molar refractivity (Wildman–Crippen MR) is 46.4 cm³/mol. The van der Waals surface area contributed by atoms with Crippen molar-refractivity contribution in [3.05, 3.63) is 22.0 Å². The van der Waals surface area contributed by atoms with Gasteiger partial charge in [0, 0.05) is 5.57 Å². The summed E-state index contributed by atoms with van der Waals surface area (Å²) in [5.74, 6) is 0. The minimum atomic E-state index is 0.771. The molecule has 0 aliphatic carbocycles. The van der Waals surface area contributed by atoms with Gasteiger partial charge in [-0.3, -0.25) is 0 Å². The Hall–Kier alpha value is -0.680. The van der Waals surface area contributed by atoms with Gasteiger partial charge in [0.2, 0.25) is 0 Å². The molecule has 0 amide bonds. The Labute approximate surface area is 66.4 Å². The van der Waals surface area contributed by atoms with Gasteiger partial charge in [0.25, 0.3) is 0 Å². The van der Waals surface area contributed by atoms with Crippen molar-refractivity contribution in [2.45, 2.75) is 20.8 Å². The largest absolute Gasteiger partial charge is 0.193 e. The van der Waals surface area contributed by atoms with E-state index in [1.165, 1.54) is 0 Å². The fourth-order valence-corrected chi connectivity index (χ4v) is 1.14. The second-order valence-corrected chi connectivity index (χ2v) is 3.61. The zero-order valence-corrected chi connectivity index (χ0v) is 7.38. The minimum Gasteiger partial charge on any atom is -0.193 e. The van der Waals surface area contributed by atoms with Crippen molar-refractivity contribution in [1.82, 2.24) is 0 Å². The fourth-order valence-electron chi connectivity index (χ4n) is 0.417. The molecule has 2 heteroatoms. The number of hydrogen-bond acceptors (Lipinski definition) is 2. The molecule has 0 aliphatic heterocycles. The number of thioether (sulfide) groups is 1. The molecule has 0 aromatic heterocycles. The molecule has 0 fully saturated rings. The van der Waals surface area contributed by atoms with Crippen molar-refractivity contribution < 1.29 is 0 Å². The van der Waals surface area contributed by atoms with Gasteiger partial charge < -0.3 is 0 Å². The first-order chi connectivity index (χ1) is 4.57. The molecule has 0 unspecified atom stereocenters. The van der Waals surface area contributed by atoms with Crippen molar-refractivity contribution in [3.8, 4) is 6.07 Å². The lowest BCUT2D eigenvalue weighted by molar-refractivity contribution is 1.41. The van der Waals surface area contributed by atoms with Crippen LogP contribution in [0.1, 0.15) is 20.8 Å². The van der Waals surface area contributed by atoms with Crippen LogP contribution in [0.15, 0.2) is 22.0 Å². The van der Waals surface area contributed by atoms with Gasteiger partial charge in [0.05, 0.1) is 6.07 Å². The monoisotopic (exact) mass is 153 g/mol. The van der Waals surface area contributed by atoms with Crippen LogP contribution in [-0.2, 0) is 0 Å². The third-order valence-corrected chi connectivity index (χ3v) is 1.98. The number of nitrogens with zero attached hydrogens (tertiary/aromatic N) is 1. The van der Waals surface area contributed by atoms with Crippen molar-refractivity contribution in [3.63, 3.8) is 0 Å². The molecule has 0 heterocycles. The first kappa shape index (κ1) is 9.32. The second-order valence-electron chi connectivity index (χ2n) is 2.10. The van der Waals surface area contributed by atoms with E-state index in [2.05, 4.69) is 12.6 Å². The van der Waals surface area contributed by atoms with E-state index in [1.807, 2.05) is 20.8 Å². The number of rotatable bonds is 2. The number of nitriles is 1. The molecule has 0 atom stereocenters. The molecule has 0 bridgehead atoms. The van der Waals surface area contributed by atoms with Gasteiger partial charge in [-0.1, -0.05) is 18.3 Å². The van der Waals surface area contributed by atoms with E-state index in [0.717, 1.165) is 15.4 Å². The maximum absolute atomic E-state index is 8.47. The van der Waals surface area contributed by atoms with E-state index in [1.54, 1.807) is 11.8 Å². The van der Waals surface area contributed by atoms with Gasteiger partial charge in [0.15, 0.2) is 0 Å². The lowest BCUT2D eigenvalue weighted by Crippen LogP contribution is -1.74. The van der Waals surface area contributed by atoms with Crippen molar-refractivity contribution in [2.75, 3.05) is 0 Å². The molecule has 10 heavy (non-hydrogen) atoms. The Morgan fingerprint density at radius 3 is 2.20 bits per heavy atom. The highest BCUT2D eigenvalue weighted by Gasteiger charge is 1.95. The molecule has 0 spiro atoms. The minimum absolute atomic E-state index is 0.771. The molecule has 0 N–H and O–H groups in total. The van der Waals surface area contributed by atoms with Crippen LogP contribution < -0.4 is 0 Å². The first-order valence-electron chi connectivity index (χ1n) is 2.99. The standard InChI is InChI=1S/C8H11NS/c1-6(2)10-8(4)7(3)5-9/h1H2,2-4H3/b8-7+. The van der Waals surface area contributed by atoms with Gasteiger partial charge in [0.1, 0.15) is 0 Å². The SMILES string of the molecule is C=C(C)S/C(C)=C(\C)C#N. The highest BCUT2D eigenvalue weighted by atomic mass is 32.2. The molecular weight excluding hydrogens is 142 g/mol. The quantitative estimate of drug-likeness (QED) is 0.569. The number of allylic oxidation sites excluding steroid dienone is 3. The Balaban J connectivity index is 4.23. The highest BCUT2D eigenvalue weighted by molar-refractivity contribution is 8.06. The lowest BCUT2D eigenvalue weighted by Gasteiger charge is -1.98. The maximum atomic E-state index is 8.47. The summed E-state index contributed by atoms with van der Waals surface area (Å²) in [5, 5.41) is 8.47. The van der Waals surface area contributed by atoms with E-state index in [4.69, 9.17) is 5.26 Å². The normalized spacial score (nSPS) is 11.8. The van der Waals surface area contributed by atoms with Crippen molar-refractivity contribution in [2.24, 2.45) is 0 Å². The summed E-state index contributed by atoms with van der Waals surface area (Å²) < 4.78 is 0. The Morgan fingerprint density at radius 1 is 1.40 bits per heavy atom. The van der Waals surface area contributed by atoms with E-state index in [9.17, 15) is 0 Å². The van der Waals surface area contributed by atoms with Gasteiger partial charge in [-0.25, -0.2) is 0 Å². The van der Waals surface area contributed by atoms with Crippen LogP contribution in [0, 0.1) is 11.3 Å². The van der Waals surface area contributed by atoms with Gasteiger partial charge in [-0.2, -0.15) is 5.26 Å². The van der Waals surface area contributed by atoms with Crippen LogP contribution in [-0.4, -0.2) is 0 Å². The van der Waals surface area contributed by atoms with E-state index in [-0.39, 0.29) is 0 Å². The van der Waals surface area contributed by atoms with Crippen LogP contribution in [0.4, 0.5) is 0 Å². The van der Waals surface area contributed by atoms with Gasteiger partial charge in [-0.15, -0.1) is 0 Å². The van der Waals surface area contributed by atoms with Crippen LogP contribution in [0.25, 0.3) is 0 Å².